The first kappa shape index (κ1) is 19.3. The predicted octanol–water partition coefficient (Wildman–Crippen LogP) is 3.91. The zero-order valence-electron chi connectivity index (χ0n) is 13.8. The second-order valence-corrected chi connectivity index (χ2v) is 6.20. The van der Waals surface area contributed by atoms with Gasteiger partial charge in [0.1, 0.15) is 0 Å². The third-order valence-electron chi connectivity index (χ3n) is 2.46. The Hall–Kier alpha value is -0.0800. The highest BCUT2D eigenvalue weighted by atomic mass is 15.2. The average molecular weight is 244 g/mol. The lowest BCUT2D eigenvalue weighted by Gasteiger charge is -2.34. The van der Waals surface area contributed by atoms with E-state index >= 15 is 0 Å². The van der Waals surface area contributed by atoms with Gasteiger partial charge in [0.15, 0.2) is 0 Å². The van der Waals surface area contributed by atoms with E-state index < -0.39 is 0 Å². The summed E-state index contributed by atoms with van der Waals surface area (Å²) in [5.41, 5.74) is 0. The van der Waals surface area contributed by atoms with E-state index in [0.29, 0.717) is 30.2 Å². The molecule has 0 radical (unpaired) electrons. The van der Waals surface area contributed by atoms with Gasteiger partial charge in [-0.05, 0) is 41.5 Å². The Kier molecular flexibility index (Phi) is 11.2. The minimum Gasteiger partial charge on any atom is -0.312 e. The van der Waals surface area contributed by atoms with Crippen molar-refractivity contribution in [2.45, 2.75) is 99.4 Å². The summed E-state index contributed by atoms with van der Waals surface area (Å²) in [5.74, 6) is 0. The maximum atomic E-state index is 3.31. The van der Waals surface area contributed by atoms with Crippen LogP contribution in [0.15, 0.2) is 0 Å². The highest BCUT2D eigenvalue weighted by Gasteiger charge is 2.15. The number of hydrogen-bond donors (Lipinski definition) is 1. The Morgan fingerprint density at radius 2 is 0.765 bits per heavy atom. The van der Waals surface area contributed by atoms with Crippen LogP contribution in [0.3, 0.4) is 0 Å². The molecular formula is C15H36N2. The zero-order valence-corrected chi connectivity index (χ0v) is 13.8. The first-order valence-electron chi connectivity index (χ1n) is 7.13. The Morgan fingerprint density at radius 1 is 0.529 bits per heavy atom. The fourth-order valence-electron chi connectivity index (χ4n) is 2.46. The summed E-state index contributed by atoms with van der Waals surface area (Å²) in [6.07, 6.45) is 0. The van der Waals surface area contributed by atoms with Crippen LogP contribution in [-0.4, -0.2) is 35.1 Å². The summed E-state index contributed by atoms with van der Waals surface area (Å²) in [6.45, 7) is 22.1. The molecule has 0 aromatic carbocycles. The van der Waals surface area contributed by atoms with Gasteiger partial charge in [0, 0.05) is 30.2 Å². The lowest BCUT2D eigenvalue weighted by Crippen LogP contribution is -2.42. The van der Waals surface area contributed by atoms with Crippen LogP contribution in [0.4, 0.5) is 0 Å². The molecule has 0 aromatic rings. The van der Waals surface area contributed by atoms with Crippen LogP contribution in [0, 0.1) is 0 Å². The molecule has 0 rings (SSSR count). The minimum atomic E-state index is 0.625. The molecule has 0 aliphatic carbocycles. The topological polar surface area (TPSA) is 15.3 Å². The minimum absolute atomic E-state index is 0.625. The van der Waals surface area contributed by atoms with Gasteiger partial charge in [-0.25, -0.2) is 0 Å². The van der Waals surface area contributed by atoms with Crippen LogP contribution in [0.5, 0.6) is 0 Å². The molecule has 0 saturated carbocycles. The highest BCUT2D eigenvalue weighted by molar-refractivity contribution is 4.70. The number of rotatable bonds is 5. The summed E-state index contributed by atoms with van der Waals surface area (Å²) in [7, 11) is 0. The zero-order chi connectivity index (χ0) is 14.2. The number of nitrogens with one attached hydrogen (secondary N) is 1. The van der Waals surface area contributed by atoms with E-state index in [0.717, 1.165) is 0 Å². The molecule has 0 bridgehead atoms. The van der Waals surface area contributed by atoms with Crippen LogP contribution in [0.1, 0.15) is 69.2 Å². The summed E-state index contributed by atoms with van der Waals surface area (Å²) in [5, 5.41) is 3.31. The Bertz CT molecular complexity index is 135. The van der Waals surface area contributed by atoms with Crippen molar-refractivity contribution in [1.82, 2.24) is 10.2 Å². The van der Waals surface area contributed by atoms with E-state index in [9.17, 15) is 0 Å². The van der Waals surface area contributed by atoms with Gasteiger partial charge in [-0.3, -0.25) is 4.90 Å². The molecule has 106 valence electrons. The molecule has 0 amide bonds. The molecule has 2 nitrogen and oxygen atoms in total. The van der Waals surface area contributed by atoms with E-state index in [2.05, 4.69) is 79.5 Å². The van der Waals surface area contributed by atoms with Crippen LogP contribution < -0.4 is 5.32 Å². The van der Waals surface area contributed by atoms with Crippen LogP contribution in [0.2, 0.25) is 0 Å². The Labute approximate surface area is 110 Å². The van der Waals surface area contributed by atoms with Gasteiger partial charge in [-0.1, -0.05) is 27.7 Å². The third kappa shape index (κ3) is 12.2. The molecule has 17 heavy (non-hydrogen) atoms. The number of hydrogen-bond acceptors (Lipinski definition) is 2. The molecule has 0 aromatic heterocycles. The SMILES string of the molecule is CC(C)N(C(C)C)C(C)C.CC(C)NC(C)C. The predicted molar refractivity (Wildman–Crippen MR) is 80.7 cm³/mol. The van der Waals surface area contributed by atoms with Gasteiger partial charge < -0.3 is 5.32 Å². The lowest BCUT2D eigenvalue weighted by atomic mass is 10.2. The monoisotopic (exact) mass is 244 g/mol. The average Bonchev–Trinajstić information content (AvgIpc) is 1.97. The van der Waals surface area contributed by atoms with Crippen molar-refractivity contribution < 1.29 is 0 Å². The van der Waals surface area contributed by atoms with Crippen molar-refractivity contribution in [3.63, 3.8) is 0 Å². The third-order valence-corrected chi connectivity index (χ3v) is 2.46. The summed E-state index contributed by atoms with van der Waals surface area (Å²) in [6, 6.07) is 3.25. The van der Waals surface area contributed by atoms with E-state index in [1.807, 2.05) is 0 Å². The van der Waals surface area contributed by atoms with Gasteiger partial charge in [0.05, 0.1) is 0 Å². The smallest absolute Gasteiger partial charge is 0.00439 e. The van der Waals surface area contributed by atoms with Gasteiger partial charge in [-0.2, -0.15) is 0 Å². The quantitative estimate of drug-likeness (QED) is 0.789. The fraction of sp³-hybridized carbons (Fsp3) is 1.00. The summed E-state index contributed by atoms with van der Waals surface area (Å²) < 4.78 is 0. The normalized spacial score (nSPS) is 12.0. The highest BCUT2D eigenvalue weighted by Crippen LogP contribution is 2.09. The van der Waals surface area contributed by atoms with E-state index in [1.165, 1.54) is 0 Å². The largest absolute Gasteiger partial charge is 0.312 e. The van der Waals surface area contributed by atoms with E-state index in [4.69, 9.17) is 0 Å². The van der Waals surface area contributed by atoms with Crippen molar-refractivity contribution in [3.05, 3.63) is 0 Å². The second-order valence-electron chi connectivity index (χ2n) is 6.20. The van der Waals surface area contributed by atoms with E-state index in [-0.39, 0.29) is 0 Å². The molecule has 0 aliphatic heterocycles. The molecule has 0 unspecified atom stereocenters. The molecule has 0 saturated heterocycles. The van der Waals surface area contributed by atoms with Crippen molar-refractivity contribution in [3.8, 4) is 0 Å². The molecule has 1 N–H and O–H groups in total. The van der Waals surface area contributed by atoms with Crippen molar-refractivity contribution in [2.75, 3.05) is 0 Å². The van der Waals surface area contributed by atoms with Crippen molar-refractivity contribution >= 4 is 0 Å². The molecule has 0 spiro atoms. The lowest BCUT2D eigenvalue weighted by molar-refractivity contribution is 0.133. The maximum absolute atomic E-state index is 3.31. The molecule has 0 atom stereocenters. The summed E-state index contributed by atoms with van der Waals surface area (Å²) in [4.78, 5) is 2.50. The van der Waals surface area contributed by atoms with Gasteiger partial charge in [-0.15, -0.1) is 0 Å². The summed E-state index contributed by atoms with van der Waals surface area (Å²) >= 11 is 0. The molecule has 0 fully saturated rings. The molecular weight excluding hydrogens is 208 g/mol. The second kappa shape index (κ2) is 9.90. The van der Waals surface area contributed by atoms with Gasteiger partial charge >= 0.3 is 0 Å². The first-order chi connectivity index (χ1) is 7.59. The fourth-order valence-corrected chi connectivity index (χ4v) is 2.46. The standard InChI is InChI=1S/C9H21N.C6H15N/c1-7(2)10(8(3)4)9(5)6;1-5(2)7-6(3)4/h7-9H,1-6H3;5-7H,1-4H3. The Balaban J connectivity index is 0. The maximum Gasteiger partial charge on any atom is 0.00439 e. The van der Waals surface area contributed by atoms with Crippen LogP contribution >= 0.6 is 0 Å². The van der Waals surface area contributed by atoms with E-state index in [1.54, 1.807) is 0 Å². The Morgan fingerprint density at radius 3 is 0.765 bits per heavy atom. The van der Waals surface area contributed by atoms with Crippen molar-refractivity contribution in [2.24, 2.45) is 0 Å². The number of nitrogens with zero attached hydrogens (tertiary/aromatic N) is 1. The van der Waals surface area contributed by atoms with Crippen molar-refractivity contribution in [1.29, 1.82) is 0 Å². The van der Waals surface area contributed by atoms with Gasteiger partial charge in [0.25, 0.3) is 0 Å². The molecule has 0 heterocycles. The van der Waals surface area contributed by atoms with Crippen LogP contribution in [0.25, 0.3) is 0 Å². The molecule has 0 aliphatic rings. The first-order valence-corrected chi connectivity index (χ1v) is 7.13. The van der Waals surface area contributed by atoms with Crippen LogP contribution in [-0.2, 0) is 0 Å². The molecule has 2 heteroatoms. The van der Waals surface area contributed by atoms with Gasteiger partial charge in [0.2, 0.25) is 0 Å².